The van der Waals surface area contributed by atoms with E-state index in [9.17, 15) is 19.2 Å². The molecule has 1 fully saturated rings. The fourth-order valence-corrected chi connectivity index (χ4v) is 6.38. The number of amides is 2. The number of nitrogens with zero attached hydrogens (tertiary/aromatic N) is 2. The molecule has 0 aliphatic heterocycles. The van der Waals surface area contributed by atoms with Crippen molar-refractivity contribution in [2.75, 3.05) is 5.32 Å². The summed E-state index contributed by atoms with van der Waals surface area (Å²) in [5.41, 5.74) is 2.58. The number of hydrogen-bond acceptors (Lipinski definition) is 5. The highest BCUT2D eigenvalue weighted by molar-refractivity contribution is 7.17. The molecule has 1 saturated carbocycles. The van der Waals surface area contributed by atoms with E-state index in [0.29, 0.717) is 41.2 Å². The number of thiophene rings is 1. The highest BCUT2D eigenvalue weighted by Gasteiger charge is 2.28. The summed E-state index contributed by atoms with van der Waals surface area (Å²) in [5, 5.41) is 7.68. The molecule has 0 saturated heterocycles. The third kappa shape index (κ3) is 6.68. The maximum atomic E-state index is 13.6. The van der Waals surface area contributed by atoms with Gasteiger partial charge >= 0.3 is 5.69 Å². The Morgan fingerprint density at radius 2 is 1.63 bits per heavy atom. The van der Waals surface area contributed by atoms with Gasteiger partial charge in [0.2, 0.25) is 11.8 Å². The lowest BCUT2D eigenvalue weighted by molar-refractivity contribution is -0.126. The maximum absolute atomic E-state index is 13.6. The molecule has 214 valence electrons. The van der Waals surface area contributed by atoms with Gasteiger partial charge in [0.25, 0.3) is 5.56 Å². The first-order valence-electron chi connectivity index (χ1n) is 14.2. The number of carbonyl (C=O) groups is 2. The molecule has 0 unspecified atom stereocenters. The van der Waals surface area contributed by atoms with Crippen molar-refractivity contribution in [2.24, 2.45) is 11.8 Å². The number of hydrogen-bond donors (Lipinski definition) is 2. The first-order valence-corrected chi connectivity index (χ1v) is 15.1. The monoisotopic (exact) mass is 572 g/mol. The van der Waals surface area contributed by atoms with Crippen LogP contribution in [0.1, 0.15) is 56.6 Å². The molecule has 2 aromatic heterocycles. The van der Waals surface area contributed by atoms with Gasteiger partial charge in [-0.05, 0) is 72.2 Å². The molecule has 4 aromatic rings. The summed E-state index contributed by atoms with van der Waals surface area (Å²) in [6.45, 7) is 4.81. The summed E-state index contributed by atoms with van der Waals surface area (Å²) < 4.78 is 3.14. The average molecular weight is 573 g/mol. The van der Waals surface area contributed by atoms with Crippen molar-refractivity contribution >= 4 is 39.1 Å². The van der Waals surface area contributed by atoms with Crippen LogP contribution >= 0.6 is 11.3 Å². The highest BCUT2D eigenvalue weighted by atomic mass is 32.1. The van der Waals surface area contributed by atoms with Gasteiger partial charge in [0.1, 0.15) is 11.2 Å². The van der Waals surface area contributed by atoms with Crippen LogP contribution in [0.2, 0.25) is 0 Å². The summed E-state index contributed by atoms with van der Waals surface area (Å²) >= 11 is 1.28. The minimum atomic E-state index is -0.478. The van der Waals surface area contributed by atoms with Crippen LogP contribution in [0.4, 0.5) is 5.69 Å². The Kier molecular flexibility index (Phi) is 8.83. The summed E-state index contributed by atoms with van der Waals surface area (Å²) in [6, 6.07) is 19.2. The van der Waals surface area contributed by atoms with E-state index in [1.807, 2.05) is 54.6 Å². The van der Waals surface area contributed by atoms with Crippen molar-refractivity contribution in [3.63, 3.8) is 0 Å². The molecule has 9 heteroatoms. The first-order chi connectivity index (χ1) is 19.8. The third-order valence-corrected chi connectivity index (χ3v) is 8.86. The fourth-order valence-electron chi connectivity index (χ4n) is 5.54. The Morgan fingerprint density at radius 3 is 2.32 bits per heavy atom. The van der Waals surface area contributed by atoms with Crippen LogP contribution in [0.3, 0.4) is 0 Å². The van der Waals surface area contributed by atoms with Gasteiger partial charge in [-0.1, -0.05) is 56.3 Å². The van der Waals surface area contributed by atoms with Crippen molar-refractivity contribution < 1.29 is 9.59 Å². The van der Waals surface area contributed by atoms with Crippen LogP contribution in [-0.4, -0.2) is 20.9 Å². The molecule has 8 nitrogen and oxygen atoms in total. The molecule has 2 aromatic carbocycles. The lowest BCUT2D eigenvalue weighted by Crippen LogP contribution is -2.43. The van der Waals surface area contributed by atoms with E-state index in [2.05, 4.69) is 24.5 Å². The normalized spacial score (nSPS) is 17.0. The van der Waals surface area contributed by atoms with E-state index in [0.717, 1.165) is 18.4 Å². The SMILES string of the molecule is CC(C)c1ccc(NC(=O)Cn2c(=O)n(CC3CCC(C(=O)NCc4ccccc4)CC3)c(=O)c3sccc32)cc1. The van der Waals surface area contributed by atoms with Crippen LogP contribution in [0, 0.1) is 11.8 Å². The summed E-state index contributed by atoms with van der Waals surface area (Å²) in [5.74, 6) is 0.151. The van der Waals surface area contributed by atoms with Crippen molar-refractivity contribution in [3.05, 3.63) is 98.0 Å². The van der Waals surface area contributed by atoms with Gasteiger partial charge in [-0.3, -0.25) is 23.5 Å². The molecule has 0 atom stereocenters. The lowest BCUT2D eigenvalue weighted by atomic mass is 9.81. The quantitative estimate of drug-likeness (QED) is 0.291. The third-order valence-electron chi connectivity index (χ3n) is 7.97. The van der Waals surface area contributed by atoms with Crippen molar-refractivity contribution in [2.45, 2.75) is 65.1 Å². The van der Waals surface area contributed by atoms with Gasteiger partial charge in [0, 0.05) is 24.7 Å². The number of fused-ring (bicyclic) bond motifs is 1. The summed E-state index contributed by atoms with van der Waals surface area (Å²) in [6.07, 6.45) is 2.94. The molecule has 0 radical (unpaired) electrons. The van der Waals surface area contributed by atoms with E-state index < -0.39 is 5.69 Å². The standard InChI is InChI=1S/C32H36N4O4S/c1-21(2)24-12-14-26(15-13-24)34-28(37)20-35-27-16-17-41-29(27)31(39)36(32(35)40)19-23-8-10-25(11-9-23)30(38)33-18-22-6-4-3-5-7-22/h3-7,12-17,21,23,25H,8-11,18-20H2,1-2H3,(H,33,38)(H,34,37). The number of aromatic nitrogens is 2. The molecule has 41 heavy (non-hydrogen) atoms. The van der Waals surface area contributed by atoms with E-state index in [1.165, 1.54) is 26.0 Å². The minimum absolute atomic E-state index is 0.0525. The maximum Gasteiger partial charge on any atom is 0.332 e. The molecular weight excluding hydrogens is 536 g/mol. The Hall–Kier alpha value is -3.98. The summed E-state index contributed by atoms with van der Waals surface area (Å²) in [4.78, 5) is 52.5. The average Bonchev–Trinajstić information content (AvgIpc) is 3.48. The van der Waals surface area contributed by atoms with Crippen LogP contribution in [0.15, 0.2) is 75.6 Å². The zero-order valence-corrected chi connectivity index (χ0v) is 24.3. The largest absolute Gasteiger partial charge is 0.352 e. The second-order valence-electron chi connectivity index (χ2n) is 11.2. The van der Waals surface area contributed by atoms with Crippen LogP contribution in [-0.2, 0) is 29.2 Å². The number of rotatable bonds is 9. The predicted octanol–water partition coefficient (Wildman–Crippen LogP) is 5.11. The molecule has 0 bridgehead atoms. The van der Waals surface area contributed by atoms with E-state index in [4.69, 9.17) is 0 Å². The predicted molar refractivity (Wildman–Crippen MR) is 163 cm³/mol. The molecule has 2 heterocycles. The Balaban J connectivity index is 1.25. The number of anilines is 1. The molecule has 0 spiro atoms. The number of nitrogens with one attached hydrogen (secondary N) is 2. The number of benzene rings is 2. The smallest absolute Gasteiger partial charge is 0.332 e. The Bertz CT molecular complexity index is 1630. The van der Waals surface area contributed by atoms with Gasteiger partial charge in [-0.2, -0.15) is 0 Å². The van der Waals surface area contributed by atoms with Crippen LogP contribution in [0.5, 0.6) is 0 Å². The van der Waals surface area contributed by atoms with Gasteiger partial charge in [-0.15, -0.1) is 11.3 Å². The Morgan fingerprint density at radius 1 is 0.927 bits per heavy atom. The van der Waals surface area contributed by atoms with Gasteiger partial charge in [0.15, 0.2) is 0 Å². The zero-order chi connectivity index (χ0) is 28.9. The molecule has 2 amide bonds. The zero-order valence-electron chi connectivity index (χ0n) is 23.5. The second kappa shape index (κ2) is 12.7. The molecule has 5 rings (SSSR count). The topological polar surface area (TPSA) is 102 Å². The van der Waals surface area contributed by atoms with Crippen molar-refractivity contribution in [1.29, 1.82) is 0 Å². The van der Waals surface area contributed by atoms with Gasteiger partial charge in [-0.25, -0.2) is 4.79 Å². The lowest BCUT2D eigenvalue weighted by Gasteiger charge is -2.28. The number of carbonyl (C=O) groups excluding carboxylic acids is 2. The van der Waals surface area contributed by atoms with Crippen LogP contribution < -0.4 is 21.9 Å². The highest BCUT2D eigenvalue weighted by Crippen LogP contribution is 2.30. The van der Waals surface area contributed by atoms with E-state index in [-0.39, 0.29) is 42.3 Å². The van der Waals surface area contributed by atoms with Crippen molar-refractivity contribution in [3.8, 4) is 0 Å². The first kappa shape index (κ1) is 28.5. The molecule has 1 aliphatic carbocycles. The fraction of sp³-hybridized carbons (Fsp3) is 0.375. The van der Waals surface area contributed by atoms with Gasteiger partial charge < -0.3 is 10.6 Å². The van der Waals surface area contributed by atoms with E-state index in [1.54, 1.807) is 11.4 Å². The van der Waals surface area contributed by atoms with E-state index >= 15 is 0 Å². The van der Waals surface area contributed by atoms with Crippen molar-refractivity contribution in [1.82, 2.24) is 14.5 Å². The molecular formula is C32H36N4O4S. The van der Waals surface area contributed by atoms with Crippen LogP contribution in [0.25, 0.3) is 10.2 Å². The molecule has 2 N–H and O–H groups in total. The Labute approximate surface area is 243 Å². The minimum Gasteiger partial charge on any atom is -0.352 e. The second-order valence-corrected chi connectivity index (χ2v) is 12.1. The van der Waals surface area contributed by atoms with Gasteiger partial charge in [0.05, 0.1) is 5.52 Å². The summed E-state index contributed by atoms with van der Waals surface area (Å²) in [7, 11) is 0. The molecule has 1 aliphatic rings.